The summed E-state index contributed by atoms with van der Waals surface area (Å²) in [5, 5.41) is 3.29. The van der Waals surface area contributed by atoms with Crippen molar-refractivity contribution in [3.8, 4) is 11.5 Å². The molecular weight excluding hydrogens is 414 g/mol. The van der Waals surface area contributed by atoms with Crippen LogP contribution in [0.4, 0.5) is 0 Å². The maximum absolute atomic E-state index is 12.3. The smallest absolute Gasteiger partial charge is 0.349 e. The first-order valence-electron chi connectivity index (χ1n) is 9.90. The zero-order chi connectivity index (χ0) is 22.9. The van der Waals surface area contributed by atoms with Crippen LogP contribution in [-0.4, -0.2) is 39.2 Å². The van der Waals surface area contributed by atoms with Crippen LogP contribution in [0.2, 0.25) is 0 Å². The number of hydrogen-bond acceptors (Lipinski definition) is 7. The van der Waals surface area contributed by atoms with Gasteiger partial charge in [0.2, 0.25) is 0 Å². The van der Waals surface area contributed by atoms with Crippen molar-refractivity contribution in [2.45, 2.75) is 6.42 Å². The Hall–Kier alpha value is -4.07. The van der Waals surface area contributed by atoms with Crippen molar-refractivity contribution in [1.82, 2.24) is 5.32 Å². The molecule has 32 heavy (non-hydrogen) atoms. The Bertz CT molecular complexity index is 1200. The Morgan fingerprint density at radius 1 is 1.03 bits per heavy atom. The molecule has 0 radical (unpaired) electrons. The number of benzene rings is 2. The Balaban J connectivity index is 1.44. The van der Waals surface area contributed by atoms with Crippen LogP contribution in [0.5, 0.6) is 11.5 Å². The van der Waals surface area contributed by atoms with Crippen LogP contribution in [0.15, 0.2) is 63.8 Å². The van der Waals surface area contributed by atoms with Gasteiger partial charge in [0.05, 0.1) is 20.8 Å². The first kappa shape index (κ1) is 22.6. The van der Waals surface area contributed by atoms with Crippen LogP contribution >= 0.6 is 0 Å². The van der Waals surface area contributed by atoms with E-state index in [1.807, 2.05) is 0 Å². The quantitative estimate of drug-likeness (QED) is 0.237. The van der Waals surface area contributed by atoms with Gasteiger partial charge in [-0.05, 0) is 42.3 Å². The lowest BCUT2D eigenvalue weighted by Crippen LogP contribution is -2.29. The highest BCUT2D eigenvalue weighted by Gasteiger charge is 2.13. The molecular formula is C24H23NO7. The molecule has 0 aliphatic heterocycles. The number of hydrogen-bond donors (Lipinski definition) is 1. The standard InChI is InChI=1S/C24H23NO7/c1-29-20-10-8-16(14-21(20)30-2)9-11-22(26)31-13-5-12-25-23(27)18-15-17-6-3-4-7-19(17)32-24(18)28/h3-4,6-11,14-15H,5,12-13H2,1-2H3,(H,25,27)/b11-9+. The normalized spacial score (nSPS) is 10.8. The number of para-hydroxylation sites is 1. The molecule has 1 N–H and O–H groups in total. The first-order chi connectivity index (χ1) is 15.5. The minimum Gasteiger partial charge on any atom is -0.493 e. The van der Waals surface area contributed by atoms with E-state index in [2.05, 4.69) is 5.32 Å². The van der Waals surface area contributed by atoms with Crippen LogP contribution in [0.1, 0.15) is 22.3 Å². The molecule has 0 aliphatic carbocycles. The molecule has 0 bridgehead atoms. The Kier molecular flexibility index (Phi) is 7.64. The molecule has 0 atom stereocenters. The fraction of sp³-hybridized carbons (Fsp3) is 0.208. The van der Waals surface area contributed by atoms with Crippen LogP contribution in [0.25, 0.3) is 17.0 Å². The summed E-state index contributed by atoms with van der Waals surface area (Å²) in [6.07, 6.45) is 3.30. The van der Waals surface area contributed by atoms with E-state index in [1.54, 1.807) is 55.7 Å². The van der Waals surface area contributed by atoms with E-state index in [0.717, 1.165) is 5.56 Å². The number of rotatable bonds is 9. The highest BCUT2D eigenvalue weighted by Crippen LogP contribution is 2.27. The molecule has 1 aromatic heterocycles. The number of carbonyl (C=O) groups excluding carboxylic acids is 2. The molecule has 1 heterocycles. The van der Waals surface area contributed by atoms with E-state index in [9.17, 15) is 14.4 Å². The molecule has 166 valence electrons. The Morgan fingerprint density at radius 2 is 1.81 bits per heavy atom. The zero-order valence-electron chi connectivity index (χ0n) is 17.8. The topological polar surface area (TPSA) is 104 Å². The van der Waals surface area contributed by atoms with E-state index < -0.39 is 17.5 Å². The molecule has 8 heteroatoms. The molecule has 8 nitrogen and oxygen atoms in total. The van der Waals surface area contributed by atoms with Crippen molar-refractivity contribution in [3.05, 3.63) is 76.2 Å². The SMILES string of the molecule is COc1ccc(/C=C/C(=O)OCCCNC(=O)c2cc3ccccc3oc2=O)cc1OC. The molecule has 3 aromatic rings. The average Bonchev–Trinajstić information content (AvgIpc) is 2.81. The third-order valence-electron chi connectivity index (χ3n) is 4.56. The largest absolute Gasteiger partial charge is 0.493 e. The van der Waals surface area contributed by atoms with Gasteiger partial charge in [-0.25, -0.2) is 9.59 Å². The second-order valence-corrected chi connectivity index (χ2v) is 6.71. The number of esters is 1. The molecule has 0 unspecified atom stereocenters. The summed E-state index contributed by atoms with van der Waals surface area (Å²) < 4.78 is 20.7. The summed E-state index contributed by atoms with van der Waals surface area (Å²) in [6, 6.07) is 13.7. The molecule has 3 rings (SSSR count). The second kappa shape index (κ2) is 10.8. The predicted octanol–water partition coefficient (Wildman–Crippen LogP) is 3.19. The fourth-order valence-corrected chi connectivity index (χ4v) is 2.93. The van der Waals surface area contributed by atoms with Crippen molar-refractivity contribution in [3.63, 3.8) is 0 Å². The van der Waals surface area contributed by atoms with Crippen molar-refractivity contribution in [1.29, 1.82) is 0 Å². The van der Waals surface area contributed by atoms with Gasteiger partial charge in [0.25, 0.3) is 5.91 Å². The van der Waals surface area contributed by atoms with E-state index in [-0.39, 0.29) is 18.7 Å². The van der Waals surface area contributed by atoms with Gasteiger partial charge in [-0.3, -0.25) is 4.79 Å². The third kappa shape index (κ3) is 5.75. The summed E-state index contributed by atoms with van der Waals surface area (Å²) in [6.45, 7) is 0.347. The molecule has 0 saturated heterocycles. The Labute approximate surface area is 184 Å². The lowest BCUT2D eigenvalue weighted by atomic mass is 10.2. The van der Waals surface area contributed by atoms with Crippen LogP contribution < -0.4 is 20.4 Å². The molecule has 0 spiro atoms. The highest BCUT2D eigenvalue weighted by molar-refractivity contribution is 5.96. The average molecular weight is 437 g/mol. The summed E-state index contributed by atoms with van der Waals surface area (Å²) in [5.74, 6) is 0.0976. The van der Waals surface area contributed by atoms with Gasteiger partial charge >= 0.3 is 11.6 Å². The van der Waals surface area contributed by atoms with Crippen molar-refractivity contribution in [2.75, 3.05) is 27.4 Å². The number of nitrogens with one attached hydrogen (secondary N) is 1. The molecule has 0 fully saturated rings. The summed E-state index contributed by atoms with van der Waals surface area (Å²) in [7, 11) is 3.08. The van der Waals surface area contributed by atoms with E-state index in [1.165, 1.54) is 19.3 Å². The van der Waals surface area contributed by atoms with E-state index in [4.69, 9.17) is 18.6 Å². The number of methoxy groups -OCH3 is 2. The molecule has 1 amide bonds. The van der Waals surface area contributed by atoms with E-state index >= 15 is 0 Å². The minimum absolute atomic E-state index is 0.0708. The van der Waals surface area contributed by atoms with Crippen molar-refractivity contribution in [2.24, 2.45) is 0 Å². The van der Waals surface area contributed by atoms with Crippen molar-refractivity contribution < 1.29 is 28.2 Å². The molecule has 2 aromatic carbocycles. The van der Waals surface area contributed by atoms with Crippen molar-refractivity contribution >= 4 is 28.9 Å². The van der Waals surface area contributed by atoms with Gasteiger partial charge in [-0.15, -0.1) is 0 Å². The Morgan fingerprint density at radius 3 is 2.59 bits per heavy atom. The van der Waals surface area contributed by atoms with Gasteiger partial charge in [0.15, 0.2) is 11.5 Å². The van der Waals surface area contributed by atoms with Crippen LogP contribution in [-0.2, 0) is 9.53 Å². The summed E-state index contributed by atoms with van der Waals surface area (Å²) >= 11 is 0. The van der Waals surface area contributed by atoms with Gasteiger partial charge in [-0.2, -0.15) is 0 Å². The second-order valence-electron chi connectivity index (χ2n) is 6.71. The number of carbonyl (C=O) groups is 2. The van der Waals surface area contributed by atoms with Gasteiger partial charge in [0, 0.05) is 18.0 Å². The van der Waals surface area contributed by atoms with E-state index in [0.29, 0.717) is 28.9 Å². The maximum Gasteiger partial charge on any atom is 0.349 e. The van der Waals surface area contributed by atoms with Crippen LogP contribution in [0.3, 0.4) is 0 Å². The first-order valence-corrected chi connectivity index (χ1v) is 9.90. The lowest BCUT2D eigenvalue weighted by molar-refractivity contribution is -0.137. The lowest BCUT2D eigenvalue weighted by Gasteiger charge is -2.07. The van der Waals surface area contributed by atoms with Gasteiger partial charge in [-0.1, -0.05) is 24.3 Å². The number of fused-ring (bicyclic) bond motifs is 1. The number of ether oxygens (including phenoxy) is 3. The van der Waals surface area contributed by atoms with Gasteiger partial charge < -0.3 is 23.9 Å². The predicted molar refractivity (Wildman–Crippen MR) is 119 cm³/mol. The minimum atomic E-state index is -0.701. The maximum atomic E-state index is 12.3. The van der Waals surface area contributed by atoms with Crippen LogP contribution in [0, 0.1) is 0 Å². The molecule has 0 saturated carbocycles. The monoisotopic (exact) mass is 437 g/mol. The summed E-state index contributed by atoms with van der Waals surface area (Å²) in [5.41, 5.74) is 0.398. The zero-order valence-corrected chi connectivity index (χ0v) is 17.8. The highest BCUT2D eigenvalue weighted by atomic mass is 16.5. The van der Waals surface area contributed by atoms with Gasteiger partial charge in [0.1, 0.15) is 11.1 Å². The third-order valence-corrected chi connectivity index (χ3v) is 4.56. The summed E-state index contributed by atoms with van der Waals surface area (Å²) in [4.78, 5) is 36.1. The molecule has 0 aliphatic rings. The fourth-order valence-electron chi connectivity index (χ4n) is 2.93. The number of amides is 1.